The van der Waals surface area contributed by atoms with Gasteiger partial charge in [0.2, 0.25) is 0 Å². The zero-order chi connectivity index (χ0) is 20.7. The summed E-state index contributed by atoms with van der Waals surface area (Å²) in [6, 6.07) is 22.2. The Kier molecular flexibility index (Phi) is 4.17. The maximum atomic E-state index is 12.8. The molecule has 2 aromatic heterocycles. The lowest BCUT2D eigenvalue weighted by atomic mass is 10.1. The molecule has 0 fully saturated rings. The first kappa shape index (κ1) is 17.9. The van der Waals surface area contributed by atoms with E-state index in [1.165, 1.54) is 12.1 Å². The van der Waals surface area contributed by atoms with Crippen LogP contribution in [0.1, 0.15) is 0 Å². The first-order chi connectivity index (χ1) is 14.6. The van der Waals surface area contributed by atoms with Crippen LogP contribution in [0.25, 0.3) is 32.8 Å². The van der Waals surface area contributed by atoms with Crippen molar-refractivity contribution >= 4 is 38.7 Å². The van der Waals surface area contributed by atoms with Gasteiger partial charge in [-0.3, -0.25) is 4.79 Å². The molecule has 0 aliphatic rings. The number of carbonyl (C=O) groups excluding carboxylic acids is 1. The van der Waals surface area contributed by atoms with Gasteiger partial charge in [0.1, 0.15) is 17.9 Å². The Morgan fingerprint density at radius 1 is 0.833 bits per heavy atom. The van der Waals surface area contributed by atoms with Gasteiger partial charge in [-0.05, 0) is 42.5 Å². The van der Waals surface area contributed by atoms with Gasteiger partial charge in [0.15, 0.2) is 5.43 Å². The van der Waals surface area contributed by atoms with Gasteiger partial charge in [-0.1, -0.05) is 24.3 Å². The van der Waals surface area contributed by atoms with Gasteiger partial charge in [-0.25, -0.2) is 9.59 Å². The SMILES string of the molecule is O=C(Cn1c2ccccc2c(=O)c2ccccc21)Oc1ccc2ccc(=O)oc2c1. The summed E-state index contributed by atoms with van der Waals surface area (Å²) in [5, 5.41) is 1.81. The molecule has 146 valence electrons. The van der Waals surface area contributed by atoms with E-state index < -0.39 is 11.6 Å². The average Bonchev–Trinajstić information content (AvgIpc) is 2.76. The molecule has 0 unspecified atom stereocenters. The maximum Gasteiger partial charge on any atom is 0.336 e. The van der Waals surface area contributed by atoms with Crippen molar-refractivity contribution in [1.29, 1.82) is 0 Å². The molecule has 0 bridgehead atoms. The number of para-hydroxylation sites is 2. The van der Waals surface area contributed by atoms with Gasteiger partial charge >= 0.3 is 11.6 Å². The number of nitrogens with zero attached hydrogens (tertiary/aromatic N) is 1. The number of pyridine rings is 1. The minimum atomic E-state index is -0.508. The van der Waals surface area contributed by atoms with Gasteiger partial charge in [0, 0.05) is 28.3 Å². The molecule has 0 spiro atoms. The molecule has 6 nitrogen and oxygen atoms in total. The predicted octanol–water partition coefficient (Wildman–Crippen LogP) is 3.87. The van der Waals surface area contributed by atoms with Crippen LogP contribution in [0.3, 0.4) is 0 Å². The van der Waals surface area contributed by atoms with E-state index in [0.29, 0.717) is 27.4 Å². The van der Waals surface area contributed by atoms with E-state index in [0.717, 1.165) is 5.39 Å². The summed E-state index contributed by atoms with van der Waals surface area (Å²) in [6.07, 6.45) is 0. The number of esters is 1. The van der Waals surface area contributed by atoms with Crippen LogP contribution in [-0.2, 0) is 11.3 Å². The van der Waals surface area contributed by atoms with Crippen LogP contribution in [0, 0.1) is 0 Å². The Hall–Kier alpha value is -4.19. The number of aromatic nitrogens is 1. The summed E-state index contributed by atoms with van der Waals surface area (Å²) in [5.74, 6) is -0.233. The van der Waals surface area contributed by atoms with Crippen molar-refractivity contribution in [3.63, 3.8) is 0 Å². The molecule has 2 heterocycles. The first-order valence-corrected chi connectivity index (χ1v) is 9.35. The van der Waals surface area contributed by atoms with E-state index in [4.69, 9.17) is 9.15 Å². The monoisotopic (exact) mass is 397 g/mol. The highest BCUT2D eigenvalue weighted by Gasteiger charge is 2.14. The van der Waals surface area contributed by atoms with Crippen LogP contribution >= 0.6 is 0 Å². The van der Waals surface area contributed by atoms with Crippen molar-refractivity contribution < 1.29 is 13.9 Å². The smallest absolute Gasteiger partial charge is 0.336 e. The molecule has 30 heavy (non-hydrogen) atoms. The van der Waals surface area contributed by atoms with E-state index >= 15 is 0 Å². The fraction of sp³-hybridized carbons (Fsp3) is 0.0417. The molecule has 3 aromatic carbocycles. The van der Waals surface area contributed by atoms with Crippen LogP contribution < -0.4 is 15.8 Å². The van der Waals surface area contributed by atoms with Gasteiger partial charge in [0.05, 0.1) is 11.0 Å². The van der Waals surface area contributed by atoms with Gasteiger partial charge in [-0.15, -0.1) is 0 Å². The third kappa shape index (κ3) is 3.04. The van der Waals surface area contributed by atoms with Gasteiger partial charge < -0.3 is 13.7 Å². The van der Waals surface area contributed by atoms with Crippen molar-refractivity contribution in [1.82, 2.24) is 4.57 Å². The van der Waals surface area contributed by atoms with E-state index in [2.05, 4.69) is 0 Å². The van der Waals surface area contributed by atoms with Crippen molar-refractivity contribution in [3.8, 4) is 5.75 Å². The van der Waals surface area contributed by atoms with Gasteiger partial charge in [0.25, 0.3) is 0 Å². The summed E-state index contributed by atoms with van der Waals surface area (Å²) < 4.78 is 12.4. The quantitative estimate of drug-likeness (QED) is 0.200. The maximum absolute atomic E-state index is 12.8. The van der Waals surface area contributed by atoms with Gasteiger partial charge in [-0.2, -0.15) is 0 Å². The molecule has 0 aliphatic carbocycles. The Labute approximate surface area is 169 Å². The second-order valence-electron chi connectivity index (χ2n) is 6.88. The number of carbonyl (C=O) groups is 1. The van der Waals surface area contributed by atoms with E-state index in [9.17, 15) is 14.4 Å². The molecule has 0 radical (unpaired) electrons. The molecule has 0 aliphatic heterocycles. The number of fused-ring (bicyclic) bond motifs is 3. The molecule has 0 amide bonds. The lowest BCUT2D eigenvalue weighted by Crippen LogP contribution is -2.19. The molecule has 6 heteroatoms. The van der Waals surface area contributed by atoms with Crippen LogP contribution in [0.2, 0.25) is 0 Å². The molecule has 5 rings (SSSR count). The third-order valence-corrected chi connectivity index (χ3v) is 4.99. The summed E-state index contributed by atoms with van der Waals surface area (Å²) >= 11 is 0. The largest absolute Gasteiger partial charge is 0.425 e. The Morgan fingerprint density at radius 2 is 1.47 bits per heavy atom. The summed E-state index contributed by atoms with van der Waals surface area (Å²) in [7, 11) is 0. The van der Waals surface area contributed by atoms with Crippen LogP contribution in [0.15, 0.2) is 92.9 Å². The highest BCUT2D eigenvalue weighted by molar-refractivity contribution is 5.94. The normalized spacial score (nSPS) is 11.2. The zero-order valence-corrected chi connectivity index (χ0v) is 15.7. The molecular formula is C24H15NO5. The van der Waals surface area contributed by atoms with Crippen LogP contribution in [0.4, 0.5) is 0 Å². The minimum absolute atomic E-state index is 0.0737. The van der Waals surface area contributed by atoms with E-state index in [-0.39, 0.29) is 17.7 Å². The third-order valence-electron chi connectivity index (χ3n) is 4.99. The Morgan fingerprint density at radius 3 is 2.17 bits per heavy atom. The molecule has 5 aromatic rings. The highest BCUT2D eigenvalue weighted by atomic mass is 16.5. The molecule has 0 atom stereocenters. The molecule has 0 saturated carbocycles. The fourth-order valence-corrected chi connectivity index (χ4v) is 3.64. The molecular weight excluding hydrogens is 382 g/mol. The van der Waals surface area contributed by atoms with E-state index in [1.54, 1.807) is 59.2 Å². The topological polar surface area (TPSA) is 78.5 Å². The van der Waals surface area contributed by atoms with Crippen LogP contribution in [0.5, 0.6) is 5.75 Å². The Balaban J connectivity index is 1.55. The van der Waals surface area contributed by atoms with Crippen molar-refractivity contribution in [2.45, 2.75) is 6.54 Å². The van der Waals surface area contributed by atoms with Crippen molar-refractivity contribution in [2.24, 2.45) is 0 Å². The highest BCUT2D eigenvalue weighted by Crippen LogP contribution is 2.22. The number of benzene rings is 3. The number of rotatable bonds is 3. The second kappa shape index (κ2) is 7.00. The Bertz CT molecular complexity index is 1500. The minimum Gasteiger partial charge on any atom is -0.425 e. The first-order valence-electron chi connectivity index (χ1n) is 9.35. The standard InChI is InChI=1S/C24H15NO5/c26-22-12-10-15-9-11-16(13-21(15)30-22)29-23(27)14-25-19-7-3-1-5-17(19)24(28)18-6-2-4-8-20(18)25/h1-13H,14H2. The molecule has 0 saturated heterocycles. The average molecular weight is 397 g/mol. The number of ether oxygens (including phenoxy) is 1. The zero-order valence-electron chi connectivity index (χ0n) is 15.7. The number of hydrogen-bond acceptors (Lipinski definition) is 5. The van der Waals surface area contributed by atoms with E-state index in [1.807, 2.05) is 12.1 Å². The van der Waals surface area contributed by atoms with Crippen LogP contribution in [-0.4, -0.2) is 10.5 Å². The summed E-state index contributed by atoms with van der Waals surface area (Å²) in [5.41, 5.74) is 1.10. The summed E-state index contributed by atoms with van der Waals surface area (Å²) in [6.45, 7) is -0.0852. The lowest BCUT2D eigenvalue weighted by Gasteiger charge is -2.14. The molecule has 0 N–H and O–H groups in total. The lowest BCUT2D eigenvalue weighted by molar-refractivity contribution is -0.134. The fourth-order valence-electron chi connectivity index (χ4n) is 3.64. The second-order valence-corrected chi connectivity index (χ2v) is 6.88. The van der Waals surface area contributed by atoms with Crippen molar-refractivity contribution in [3.05, 3.63) is 99.5 Å². The predicted molar refractivity (Wildman–Crippen MR) is 114 cm³/mol. The van der Waals surface area contributed by atoms with Crippen molar-refractivity contribution in [2.75, 3.05) is 0 Å². The number of hydrogen-bond donors (Lipinski definition) is 0. The summed E-state index contributed by atoms with van der Waals surface area (Å²) in [4.78, 5) is 37.0.